The van der Waals surface area contributed by atoms with E-state index in [0.29, 0.717) is 12.3 Å². The number of para-hydroxylation sites is 1. The highest BCUT2D eigenvalue weighted by molar-refractivity contribution is 5.31. The van der Waals surface area contributed by atoms with Crippen LogP contribution in [0, 0.1) is 0 Å². The number of hydrogen-bond donors (Lipinski definition) is 2. The number of nitrogens with one attached hydrogen (secondary N) is 1. The van der Waals surface area contributed by atoms with Crippen molar-refractivity contribution in [3.63, 3.8) is 0 Å². The zero-order chi connectivity index (χ0) is 12.1. The molecule has 0 aliphatic heterocycles. The van der Waals surface area contributed by atoms with Gasteiger partial charge in [0.1, 0.15) is 5.75 Å². The van der Waals surface area contributed by atoms with Crippen LogP contribution in [0.3, 0.4) is 0 Å². The second-order valence-electron chi connectivity index (χ2n) is 4.14. The fourth-order valence-electron chi connectivity index (χ4n) is 1.78. The Morgan fingerprint density at radius 1 is 1.00 bits per heavy atom. The van der Waals surface area contributed by atoms with Gasteiger partial charge in [-0.2, -0.15) is 0 Å². The van der Waals surface area contributed by atoms with Gasteiger partial charge in [0.25, 0.3) is 0 Å². The van der Waals surface area contributed by atoms with Crippen molar-refractivity contribution in [2.75, 3.05) is 0 Å². The minimum absolute atomic E-state index is 0.274. The third-order valence-corrected chi connectivity index (χ3v) is 2.89. The molecule has 0 saturated carbocycles. The molecule has 1 atom stereocenters. The normalized spacial score (nSPS) is 12.3. The van der Waals surface area contributed by atoms with Gasteiger partial charge in [0.15, 0.2) is 0 Å². The lowest BCUT2D eigenvalue weighted by Crippen LogP contribution is -2.17. The maximum atomic E-state index is 9.65. The van der Waals surface area contributed by atoms with E-state index in [1.54, 1.807) is 6.07 Å². The molecule has 2 N–H and O–H groups in total. The average molecular weight is 227 g/mol. The highest BCUT2D eigenvalue weighted by atomic mass is 16.3. The molecule has 0 heterocycles. The third kappa shape index (κ3) is 3.08. The van der Waals surface area contributed by atoms with Crippen molar-refractivity contribution in [2.24, 2.45) is 0 Å². The van der Waals surface area contributed by atoms with Crippen molar-refractivity contribution in [1.29, 1.82) is 0 Å². The molecule has 2 aromatic rings. The Kier molecular flexibility index (Phi) is 3.78. The van der Waals surface area contributed by atoms with Crippen LogP contribution in [0.5, 0.6) is 5.75 Å². The predicted molar refractivity (Wildman–Crippen MR) is 69.8 cm³/mol. The first-order chi connectivity index (χ1) is 8.27. The minimum Gasteiger partial charge on any atom is -0.508 e. The van der Waals surface area contributed by atoms with E-state index in [0.717, 1.165) is 5.56 Å². The summed E-state index contributed by atoms with van der Waals surface area (Å²) in [6.07, 6.45) is 0. The van der Waals surface area contributed by atoms with E-state index in [9.17, 15) is 5.11 Å². The van der Waals surface area contributed by atoms with Crippen LogP contribution in [0.15, 0.2) is 54.6 Å². The van der Waals surface area contributed by atoms with Crippen molar-refractivity contribution < 1.29 is 5.11 Å². The lowest BCUT2D eigenvalue weighted by atomic mass is 10.1. The van der Waals surface area contributed by atoms with Gasteiger partial charge in [0.05, 0.1) is 0 Å². The molecule has 17 heavy (non-hydrogen) atoms. The quantitative estimate of drug-likeness (QED) is 0.840. The van der Waals surface area contributed by atoms with Gasteiger partial charge >= 0.3 is 0 Å². The number of phenols is 1. The maximum Gasteiger partial charge on any atom is 0.120 e. The van der Waals surface area contributed by atoms with Crippen LogP contribution in [-0.2, 0) is 6.54 Å². The SMILES string of the molecule is C[C@H](NCc1ccccc1O)c1ccccc1. The van der Waals surface area contributed by atoms with Gasteiger partial charge in [-0.05, 0) is 18.6 Å². The molecule has 0 unspecified atom stereocenters. The van der Waals surface area contributed by atoms with Gasteiger partial charge in [0.2, 0.25) is 0 Å². The lowest BCUT2D eigenvalue weighted by Gasteiger charge is -2.14. The first kappa shape index (κ1) is 11.7. The largest absolute Gasteiger partial charge is 0.508 e. The zero-order valence-electron chi connectivity index (χ0n) is 9.93. The second kappa shape index (κ2) is 5.51. The molecule has 2 rings (SSSR count). The molecule has 0 aromatic heterocycles. The van der Waals surface area contributed by atoms with E-state index < -0.39 is 0 Å². The molecule has 0 amide bonds. The van der Waals surface area contributed by atoms with Crippen LogP contribution in [0.2, 0.25) is 0 Å². The predicted octanol–water partition coefficient (Wildman–Crippen LogP) is 3.24. The van der Waals surface area contributed by atoms with E-state index in [-0.39, 0.29) is 6.04 Å². The van der Waals surface area contributed by atoms with E-state index in [4.69, 9.17) is 0 Å². The van der Waals surface area contributed by atoms with Gasteiger partial charge in [0, 0.05) is 18.2 Å². The molecular formula is C15H17NO. The van der Waals surface area contributed by atoms with Crippen LogP contribution in [0.1, 0.15) is 24.1 Å². The second-order valence-corrected chi connectivity index (χ2v) is 4.14. The van der Waals surface area contributed by atoms with E-state index >= 15 is 0 Å². The molecule has 0 spiro atoms. The molecule has 0 fully saturated rings. The summed E-state index contributed by atoms with van der Waals surface area (Å²) in [6.45, 7) is 2.79. The summed E-state index contributed by atoms with van der Waals surface area (Å²) in [5.41, 5.74) is 2.18. The fourth-order valence-corrected chi connectivity index (χ4v) is 1.78. The molecule has 0 aliphatic carbocycles. The molecular weight excluding hydrogens is 210 g/mol. The summed E-state index contributed by atoms with van der Waals surface area (Å²) in [7, 11) is 0. The summed E-state index contributed by atoms with van der Waals surface area (Å²) in [4.78, 5) is 0. The molecule has 2 aromatic carbocycles. The van der Waals surface area contributed by atoms with Crippen LogP contribution < -0.4 is 5.32 Å². The van der Waals surface area contributed by atoms with Gasteiger partial charge in [-0.15, -0.1) is 0 Å². The zero-order valence-corrected chi connectivity index (χ0v) is 9.93. The smallest absolute Gasteiger partial charge is 0.120 e. The summed E-state index contributed by atoms with van der Waals surface area (Å²) in [6, 6.07) is 18.0. The fraction of sp³-hybridized carbons (Fsp3) is 0.200. The Morgan fingerprint density at radius 2 is 1.65 bits per heavy atom. The number of rotatable bonds is 4. The Morgan fingerprint density at radius 3 is 2.35 bits per heavy atom. The Bertz CT molecular complexity index is 467. The van der Waals surface area contributed by atoms with Gasteiger partial charge in [-0.1, -0.05) is 48.5 Å². The van der Waals surface area contributed by atoms with E-state index in [1.807, 2.05) is 36.4 Å². The van der Waals surface area contributed by atoms with Crippen molar-refractivity contribution in [1.82, 2.24) is 5.32 Å². The number of phenolic OH excluding ortho intramolecular Hbond substituents is 1. The molecule has 88 valence electrons. The average Bonchev–Trinajstić information content (AvgIpc) is 2.38. The summed E-state index contributed by atoms with van der Waals surface area (Å²) in [5.74, 6) is 0.347. The Balaban J connectivity index is 1.97. The number of benzene rings is 2. The van der Waals surface area contributed by atoms with E-state index in [2.05, 4.69) is 24.4 Å². The van der Waals surface area contributed by atoms with Crippen molar-refractivity contribution in [3.8, 4) is 5.75 Å². The minimum atomic E-state index is 0.274. The topological polar surface area (TPSA) is 32.3 Å². The standard InChI is InChI=1S/C15H17NO/c1-12(13-7-3-2-4-8-13)16-11-14-9-5-6-10-15(14)17/h2-10,12,16-17H,11H2,1H3/t12-/m0/s1. The lowest BCUT2D eigenvalue weighted by molar-refractivity contribution is 0.460. The van der Waals surface area contributed by atoms with Crippen LogP contribution in [-0.4, -0.2) is 5.11 Å². The molecule has 0 radical (unpaired) electrons. The highest BCUT2D eigenvalue weighted by Gasteiger charge is 2.05. The molecule has 2 nitrogen and oxygen atoms in total. The molecule has 0 bridgehead atoms. The molecule has 0 saturated heterocycles. The van der Waals surface area contributed by atoms with Crippen LogP contribution in [0.25, 0.3) is 0 Å². The summed E-state index contributed by atoms with van der Waals surface area (Å²) >= 11 is 0. The van der Waals surface area contributed by atoms with Crippen molar-refractivity contribution >= 4 is 0 Å². The van der Waals surface area contributed by atoms with Gasteiger partial charge in [-0.25, -0.2) is 0 Å². The van der Waals surface area contributed by atoms with Crippen LogP contribution in [0.4, 0.5) is 0 Å². The Hall–Kier alpha value is -1.80. The first-order valence-electron chi connectivity index (χ1n) is 5.82. The maximum absolute atomic E-state index is 9.65. The summed E-state index contributed by atoms with van der Waals surface area (Å²) < 4.78 is 0. The number of aromatic hydroxyl groups is 1. The Labute approximate surface area is 102 Å². The first-order valence-corrected chi connectivity index (χ1v) is 5.82. The number of hydrogen-bond acceptors (Lipinski definition) is 2. The summed E-state index contributed by atoms with van der Waals surface area (Å²) in [5, 5.41) is 13.0. The molecule has 2 heteroatoms. The molecule has 0 aliphatic rings. The van der Waals surface area contributed by atoms with Gasteiger partial charge < -0.3 is 10.4 Å². The van der Waals surface area contributed by atoms with Crippen molar-refractivity contribution in [3.05, 3.63) is 65.7 Å². The van der Waals surface area contributed by atoms with Crippen molar-refractivity contribution in [2.45, 2.75) is 19.5 Å². The third-order valence-electron chi connectivity index (χ3n) is 2.89. The van der Waals surface area contributed by atoms with Crippen LogP contribution >= 0.6 is 0 Å². The monoisotopic (exact) mass is 227 g/mol. The van der Waals surface area contributed by atoms with Gasteiger partial charge in [-0.3, -0.25) is 0 Å². The van der Waals surface area contributed by atoms with E-state index in [1.165, 1.54) is 5.56 Å². The highest BCUT2D eigenvalue weighted by Crippen LogP contribution is 2.17.